The summed E-state index contributed by atoms with van der Waals surface area (Å²) in [6.07, 6.45) is 3.52. The number of hydrogen-bond donors (Lipinski definition) is 1. The lowest BCUT2D eigenvalue weighted by Gasteiger charge is -2.24. The first-order chi connectivity index (χ1) is 11.8. The number of benzene rings is 2. The lowest BCUT2D eigenvalue weighted by molar-refractivity contribution is 0.0591. The van der Waals surface area contributed by atoms with E-state index in [0.717, 1.165) is 18.8 Å². The summed E-state index contributed by atoms with van der Waals surface area (Å²) in [7, 11) is 0. The molecule has 1 aliphatic heterocycles. The molecule has 2 aromatic carbocycles. The number of carbonyl (C=O) groups is 1. The van der Waals surface area contributed by atoms with E-state index in [9.17, 15) is 4.79 Å². The molecule has 0 radical (unpaired) electrons. The molecule has 24 heavy (non-hydrogen) atoms. The number of nitrogens with one attached hydrogen (secondary N) is 1. The maximum atomic E-state index is 12.5. The van der Waals surface area contributed by atoms with Crippen molar-refractivity contribution in [2.75, 3.05) is 31.6 Å². The van der Waals surface area contributed by atoms with E-state index in [1.165, 1.54) is 5.56 Å². The molecule has 124 valence electrons. The number of ether oxygens (including phenoxy) is 1. The van der Waals surface area contributed by atoms with Crippen molar-refractivity contribution in [2.24, 2.45) is 0 Å². The van der Waals surface area contributed by atoms with E-state index in [2.05, 4.69) is 22.3 Å². The molecule has 1 saturated heterocycles. The average Bonchev–Trinajstić information content (AvgIpc) is 2.66. The van der Waals surface area contributed by atoms with E-state index in [1.807, 2.05) is 48.7 Å². The minimum Gasteiger partial charge on any atom is -0.380 e. The fraction of sp³-hybridized carbons (Fsp3) is 0.250. The first kappa shape index (κ1) is 16.3. The molecule has 1 fully saturated rings. The quantitative estimate of drug-likeness (QED) is 0.654. The zero-order valence-corrected chi connectivity index (χ0v) is 13.7. The minimum absolute atomic E-state index is 0.0117. The summed E-state index contributed by atoms with van der Waals surface area (Å²) >= 11 is 0. The van der Waals surface area contributed by atoms with Gasteiger partial charge in [0.15, 0.2) is 5.78 Å². The molecule has 4 nitrogen and oxygen atoms in total. The van der Waals surface area contributed by atoms with Crippen molar-refractivity contribution < 1.29 is 9.53 Å². The lowest BCUT2D eigenvalue weighted by Crippen LogP contribution is -2.32. The van der Waals surface area contributed by atoms with Crippen molar-refractivity contribution in [2.45, 2.75) is 6.54 Å². The first-order valence-corrected chi connectivity index (χ1v) is 8.24. The van der Waals surface area contributed by atoms with Gasteiger partial charge >= 0.3 is 0 Å². The Morgan fingerprint density at radius 3 is 2.54 bits per heavy atom. The standard InChI is InChI=1S/C20H22N2O2/c23-20(10-11-22-12-14-24-15-13-22)18-8-4-5-9-19(18)21-16-17-6-2-1-3-7-17/h1-11,21H,12-16H2/b11-10+. The van der Waals surface area contributed by atoms with Crippen LogP contribution < -0.4 is 5.32 Å². The third kappa shape index (κ3) is 4.46. The van der Waals surface area contributed by atoms with E-state index in [4.69, 9.17) is 4.74 Å². The van der Waals surface area contributed by atoms with Crippen molar-refractivity contribution in [1.82, 2.24) is 4.90 Å². The number of allylic oxidation sites excluding steroid dienone is 1. The number of para-hydroxylation sites is 1. The molecule has 0 atom stereocenters. The van der Waals surface area contributed by atoms with Crippen molar-refractivity contribution in [3.05, 3.63) is 78.0 Å². The zero-order chi connectivity index (χ0) is 16.6. The molecule has 0 saturated carbocycles. The van der Waals surface area contributed by atoms with E-state index in [0.29, 0.717) is 25.3 Å². The monoisotopic (exact) mass is 322 g/mol. The third-order valence-corrected chi connectivity index (χ3v) is 4.00. The van der Waals surface area contributed by atoms with Crippen LogP contribution in [-0.4, -0.2) is 37.0 Å². The molecular weight excluding hydrogens is 300 g/mol. The molecular formula is C20H22N2O2. The Hall–Kier alpha value is -2.59. The minimum atomic E-state index is 0.0117. The average molecular weight is 322 g/mol. The van der Waals surface area contributed by atoms with Gasteiger partial charge in [0.1, 0.15) is 0 Å². The number of rotatable bonds is 6. The second-order valence-electron chi connectivity index (χ2n) is 5.71. The molecule has 0 bridgehead atoms. The molecule has 0 spiro atoms. The van der Waals surface area contributed by atoms with Crippen LogP contribution in [0.15, 0.2) is 66.9 Å². The van der Waals surface area contributed by atoms with Gasteiger partial charge in [-0.1, -0.05) is 42.5 Å². The topological polar surface area (TPSA) is 41.6 Å². The predicted molar refractivity (Wildman–Crippen MR) is 96.1 cm³/mol. The third-order valence-electron chi connectivity index (χ3n) is 4.00. The van der Waals surface area contributed by atoms with E-state index >= 15 is 0 Å². The number of ketones is 1. The van der Waals surface area contributed by atoms with Crippen LogP contribution in [0.4, 0.5) is 5.69 Å². The van der Waals surface area contributed by atoms with Crippen LogP contribution in [0.25, 0.3) is 0 Å². The second-order valence-corrected chi connectivity index (χ2v) is 5.71. The second kappa shape index (κ2) is 8.31. The van der Waals surface area contributed by atoms with Crippen LogP contribution >= 0.6 is 0 Å². The highest BCUT2D eigenvalue weighted by Gasteiger charge is 2.10. The van der Waals surface area contributed by atoms with Crippen LogP contribution in [0.3, 0.4) is 0 Å². The maximum Gasteiger partial charge on any atom is 0.189 e. The summed E-state index contributed by atoms with van der Waals surface area (Å²) in [5.74, 6) is 0.0117. The van der Waals surface area contributed by atoms with Gasteiger partial charge in [-0.3, -0.25) is 4.79 Å². The molecule has 0 unspecified atom stereocenters. The fourth-order valence-electron chi connectivity index (χ4n) is 2.63. The van der Waals surface area contributed by atoms with Crippen molar-refractivity contribution in [3.63, 3.8) is 0 Å². The van der Waals surface area contributed by atoms with Gasteiger partial charge in [0.2, 0.25) is 0 Å². The summed E-state index contributed by atoms with van der Waals surface area (Å²) in [6, 6.07) is 17.8. The van der Waals surface area contributed by atoms with Gasteiger partial charge in [-0.05, 0) is 17.7 Å². The Morgan fingerprint density at radius 2 is 1.75 bits per heavy atom. The highest BCUT2D eigenvalue weighted by molar-refractivity contribution is 6.08. The Balaban J connectivity index is 1.66. The van der Waals surface area contributed by atoms with Gasteiger partial charge in [-0.2, -0.15) is 0 Å². The van der Waals surface area contributed by atoms with Gasteiger partial charge < -0.3 is 15.0 Å². The SMILES string of the molecule is O=C(/C=C/N1CCOCC1)c1ccccc1NCc1ccccc1. The lowest BCUT2D eigenvalue weighted by atomic mass is 10.1. The van der Waals surface area contributed by atoms with Gasteiger partial charge in [-0.15, -0.1) is 0 Å². The van der Waals surface area contributed by atoms with Gasteiger partial charge in [-0.25, -0.2) is 0 Å². The smallest absolute Gasteiger partial charge is 0.189 e. The number of nitrogens with zero attached hydrogens (tertiary/aromatic N) is 1. The van der Waals surface area contributed by atoms with Crippen LogP contribution in [0.1, 0.15) is 15.9 Å². The largest absolute Gasteiger partial charge is 0.380 e. The summed E-state index contributed by atoms with van der Waals surface area (Å²) in [4.78, 5) is 14.6. The van der Waals surface area contributed by atoms with Crippen molar-refractivity contribution in [3.8, 4) is 0 Å². The van der Waals surface area contributed by atoms with E-state index < -0.39 is 0 Å². The maximum absolute atomic E-state index is 12.5. The molecule has 0 aliphatic carbocycles. The molecule has 1 N–H and O–H groups in total. The summed E-state index contributed by atoms with van der Waals surface area (Å²) < 4.78 is 5.31. The van der Waals surface area contributed by atoms with Crippen molar-refractivity contribution in [1.29, 1.82) is 0 Å². The van der Waals surface area contributed by atoms with Gasteiger partial charge in [0, 0.05) is 43.2 Å². The number of morpholine rings is 1. The number of anilines is 1. The Morgan fingerprint density at radius 1 is 1.04 bits per heavy atom. The predicted octanol–water partition coefficient (Wildman–Crippen LogP) is 3.33. The fourth-order valence-corrected chi connectivity index (χ4v) is 2.63. The molecule has 2 aromatic rings. The van der Waals surface area contributed by atoms with Crippen LogP contribution in [0, 0.1) is 0 Å². The molecule has 1 heterocycles. The van der Waals surface area contributed by atoms with Crippen molar-refractivity contribution >= 4 is 11.5 Å². The highest BCUT2D eigenvalue weighted by atomic mass is 16.5. The highest BCUT2D eigenvalue weighted by Crippen LogP contribution is 2.17. The van der Waals surface area contributed by atoms with Crippen LogP contribution in [-0.2, 0) is 11.3 Å². The Labute approximate surface area is 142 Å². The molecule has 0 aromatic heterocycles. The Bertz CT molecular complexity index is 692. The first-order valence-electron chi connectivity index (χ1n) is 8.24. The van der Waals surface area contributed by atoms with Gasteiger partial charge in [0.05, 0.1) is 13.2 Å². The molecule has 1 aliphatic rings. The molecule has 0 amide bonds. The van der Waals surface area contributed by atoms with Crippen LogP contribution in [0.2, 0.25) is 0 Å². The van der Waals surface area contributed by atoms with Gasteiger partial charge in [0.25, 0.3) is 0 Å². The molecule has 4 heteroatoms. The zero-order valence-electron chi connectivity index (χ0n) is 13.7. The Kier molecular flexibility index (Phi) is 5.64. The number of hydrogen-bond acceptors (Lipinski definition) is 4. The summed E-state index contributed by atoms with van der Waals surface area (Å²) in [5.41, 5.74) is 2.74. The summed E-state index contributed by atoms with van der Waals surface area (Å²) in [5, 5.41) is 3.36. The number of carbonyl (C=O) groups excluding carboxylic acids is 1. The van der Waals surface area contributed by atoms with E-state index in [1.54, 1.807) is 6.08 Å². The molecule has 3 rings (SSSR count). The normalized spacial score (nSPS) is 14.8. The van der Waals surface area contributed by atoms with Crippen LogP contribution in [0.5, 0.6) is 0 Å². The summed E-state index contributed by atoms with van der Waals surface area (Å²) in [6.45, 7) is 3.79. The van der Waals surface area contributed by atoms with E-state index in [-0.39, 0.29) is 5.78 Å².